The molecule has 0 rings (SSSR count). The molecule has 0 saturated carbocycles. The molecule has 0 amide bonds. The van der Waals surface area contributed by atoms with E-state index in [2.05, 4.69) is 21.1 Å². The standard InChI is InChI=1S/C7H16NOSe.HI/c1-7(9)10-6-5-8(2,3)4;/h5-6H2,1-4H3;1H/q+1;/p-1. The van der Waals surface area contributed by atoms with E-state index >= 15 is 0 Å². The maximum absolute atomic E-state index is 10.6. The summed E-state index contributed by atoms with van der Waals surface area (Å²) in [4.78, 5) is 10.6. The Bertz CT molecular complexity index is 122. The molecule has 0 bridgehead atoms. The second kappa shape index (κ2) is 6.40. The summed E-state index contributed by atoms with van der Waals surface area (Å²) in [5, 5.41) is 1.08. The fraction of sp³-hybridized carbons (Fsp3) is 0.857. The molecule has 0 aliphatic rings. The second-order valence-electron chi connectivity index (χ2n) is 3.35. The third-order valence-corrected chi connectivity index (χ3v) is 2.73. The maximum Gasteiger partial charge on any atom is -1.00 e. The summed E-state index contributed by atoms with van der Waals surface area (Å²) < 4.78 is 1.33. The van der Waals surface area contributed by atoms with Crippen LogP contribution in [0.25, 0.3) is 0 Å². The predicted octanol–water partition coefficient (Wildman–Crippen LogP) is -2.63. The van der Waals surface area contributed by atoms with Crippen molar-refractivity contribution in [1.82, 2.24) is 0 Å². The molecule has 0 aliphatic carbocycles. The van der Waals surface area contributed by atoms with Crippen molar-refractivity contribution in [2.24, 2.45) is 0 Å². The average molecular weight is 336 g/mol. The van der Waals surface area contributed by atoms with Crippen LogP contribution in [0.1, 0.15) is 6.92 Å². The largest absolute Gasteiger partial charge is 1.00 e. The van der Waals surface area contributed by atoms with Gasteiger partial charge < -0.3 is 24.0 Å². The van der Waals surface area contributed by atoms with Gasteiger partial charge in [0.2, 0.25) is 0 Å². The van der Waals surface area contributed by atoms with Crippen molar-refractivity contribution in [3.05, 3.63) is 0 Å². The van der Waals surface area contributed by atoms with Crippen molar-refractivity contribution in [2.45, 2.75) is 12.2 Å². The molecule has 0 heterocycles. The molecule has 0 spiro atoms. The van der Waals surface area contributed by atoms with Crippen molar-refractivity contribution in [1.29, 1.82) is 0 Å². The van der Waals surface area contributed by atoms with Gasteiger partial charge in [-0.15, -0.1) is 0 Å². The minimum absolute atomic E-state index is 0. The SMILES string of the molecule is CC(=O)[Se]CC[N+](C)(C)C.[I-]. The van der Waals surface area contributed by atoms with Crippen LogP contribution >= 0.6 is 0 Å². The van der Waals surface area contributed by atoms with E-state index in [1.807, 2.05) is 0 Å². The number of nitrogens with zero attached hydrogens (tertiary/aromatic N) is 1. The Morgan fingerprint density at radius 2 is 1.82 bits per heavy atom. The number of quaternary nitrogens is 1. The van der Waals surface area contributed by atoms with Crippen LogP contribution in [0.4, 0.5) is 0 Å². The Morgan fingerprint density at radius 3 is 2.09 bits per heavy atom. The molecule has 4 heteroatoms. The van der Waals surface area contributed by atoms with Gasteiger partial charge in [-0.25, -0.2) is 0 Å². The predicted molar refractivity (Wildman–Crippen MR) is 44.1 cm³/mol. The van der Waals surface area contributed by atoms with Crippen molar-refractivity contribution >= 4 is 19.6 Å². The van der Waals surface area contributed by atoms with Gasteiger partial charge in [0.05, 0.1) is 0 Å². The molecule has 2 nitrogen and oxygen atoms in total. The molecular formula is C7H16INOSe. The van der Waals surface area contributed by atoms with Crippen LogP contribution in [-0.4, -0.2) is 51.8 Å². The van der Waals surface area contributed by atoms with Gasteiger partial charge in [0, 0.05) is 0 Å². The first-order chi connectivity index (χ1) is 4.42. The molecule has 68 valence electrons. The first kappa shape index (κ1) is 14.4. The van der Waals surface area contributed by atoms with E-state index in [-0.39, 0.29) is 38.9 Å². The maximum atomic E-state index is 10.6. The Labute approximate surface area is 92.5 Å². The molecule has 0 unspecified atom stereocenters. The van der Waals surface area contributed by atoms with Crippen LogP contribution in [-0.2, 0) is 4.79 Å². The average Bonchev–Trinajstić information content (AvgIpc) is 1.59. The van der Waals surface area contributed by atoms with E-state index in [9.17, 15) is 4.79 Å². The van der Waals surface area contributed by atoms with Gasteiger partial charge >= 0.3 is 68.8 Å². The van der Waals surface area contributed by atoms with E-state index in [4.69, 9.17) is 0 Å². The van der Waals surface area contributed by atoms with Gasteiger partial charge in [-0.2, -0.15) is 0 Å². The quantitative estimate of drug-likeness (QED) is 0.312. The smallest absolute Gasteiger partial charge is 1.00 e. The van der Waals surface area contributed by atoms with Crippen molar-refractivity contribution in [3.8, 4) is 0 Å². The monoisotopic (exact) mass is 337 g/mol. The van der Waals surface area contributed by atoms with Crippen LogP contribution in [0.3, 0.4) is 0 Å². The minimum Gasteiger partial charge on any atom is -1.00 e. The molecule has 0 fully saturated rings. The van der Waals surface area contributed by atoms with E-state index in [1.54, 1.807) is 6.92 Å². The van der Waals surface area contributed by atoms with Gasteiger partial charge in [-0.3, -0.25) is 0 Å². The second-order valence-corrected chi connectivity index (χ2v) is 6.02. The van der Waals surface area contributed by atoms with Crippen LogP contribution in [0.2, 0.25) is 5.32 Å². The third kappa shape index (κ3) is 13.8. The first-order valence-corrected chi connectivity index (χ1v) is 5.42. The Morgan fingerprint density at radius 1 is 1.36 bits per heavy atom. The van der Waals surface area contributed by atoms with Crippen LogP contribution in [0.5, 0.6) is 0 Å². The van der Waals surface area contributed by atoms with Gasteiger partial charge in [-0.1, -0.05) is 0 Å². The zero-order valence-electron chi connectivity index (χ0n) is 7.56. The van der Waals surface area contributed by atoms with E-state index in [1.165, 1.54) is 0 Å². The van der Waals surface area contributed by atoms with E-state index in [0.717, 1.165) is 16.3 Å². The molecule has 0 N–H and O–H groups in total. The Hall–Kier alpha value is 0.879. The number of hydrogen-bond acceptors (Lipinski definition) is 1. The van der Waals surface area contributed by atoms with E-state index < -0.39 is 0 Å². The number of rotatable bonds is 4. The van der Waals surface area contributed by atoms with Gasteiger partial charge in [0.25, 0.3) is 0 Å². The van der Waals surface area contributed by atoms with E-state index in [0.29, 0.717) is 4.68 Å². The number of hydrogen-bond donors (Lipinski definition) is 0. The summed E-state index contributed by atoms with van der Waals surface area (Å²) in [6, 6.07) is 0. The molecule has 0 aromatic rings. The van der Waals surface area contributed by atoms with Gasteiger partial charge in [0.1, 0.15) is 0 Å². The molecule has 0 atom stereocenters. The molecule has 0 radical (unpaired) electrons. The van der Waals surface area contributed by atoms with Crippen molar-refractivity contribution in [2.75, 3.05) is 27.7 Å². The molecule has 0 saturated heterocycles. The number of halogens is 1. The van der Waals surface area contributed by atoms with Gasteiger partial charge in [-0.05, 0) is 0 Å². The normalized spacial score (nSPS) is 10.5. The molecule has 11 heavy (non-hydrogen) atoms. The number of carbonyl (C=O) groups is 1. The van der Waals surface area contributed by atoms with Crippen LogP contribution < -0.4 is 24.0 Å². The van der Waals surface area contributed by atoms with Crippen molar-refractivity contribution < 1.29 is 33.3 Å². The summed E-state index contributed by atoms with van der Waals surface area (Å²) in [6.07, 6.45) is 0. The van der Waals surface area contributed by atoms with Gasteiger partial charge in [0.15, 0.2) is 0 Å². The molecule has 0 aliphatic heterocycles. The first-order valence-electron chi connectivity index (χ1n) is 3.35. The molecule has 0 aromatic heterocycles. The summed E-state index contributed by atoms with van der Waals surface area (Å²) in [7, 11) is 6.45. The van der Waals surface area contributed by atoms with Crippen LogP contribution in [0, 0.1) is 0 Å². The summed E-state index contributed by atoms with van der Waals surface area (Å²) >= 11 is 0.228. The zero-order chi connectivity index (χ0) is 8.20. The number of carbonyl (C=O) groups excluding carboxylic acids is 1. The summed E-state index contributed by atoms with van der Waals surface area (Å²) in [5.74, 6) is 0. The zero-order valence-corrected chi connectivity index (χ0v) is 11.4. The summed E-state index contributed by atoms with van der Waals surface area (Å²) in [6.45, 7) is 2.79. The minimum atomic E-state index is 0. The Balaban J connectivity index is 0. The van der Waals surface area contributed by atoms with Crippen LogP contribution in [0.15, 0.2) is 0 Å². The molecule has 0 aromatic carbocycles. The Kier molecular flexibility index (Phi) is 8.38. The topological polar surface area (TPSA) is 17.1 Å². The fourth-order valence-electron chi connectivity index (χ4n) is 0.463. The molecular weight excluding hydrogens is 320 g/mol. The fourth-order valence-corrected chi connectivity index (χ4v) is 2.41. The summed E-state index contributed by atoms with van der Waals surface area (Å²) in [5.41, 5.74) is 0. The third-order valence-electron chi connectivity index (χ3n) is 1.07. The van der Waals surface area contributed by atoms with Crippen molar-refractivity contribution in [3.63, 3.8) is 0 Å².